The van der Waals surface area contributed by atoms with Gasteiger partial charge in [-0.2, -0.15) is 0 Å². The van der Waals surface area contributed by atoms with E-state index in [1.807, 2.05) is 63.2 Å². The number of aryl methyl sites for hydroxylation is 2. The molecule has 3 atom stereocenters. The molecule has 3 aromatic carbocycles. The maximum Gasteiger partial charge on any atom is 0.407 e. The number of carbonyl (C=O) groups is 3. The fourth-order valence-corrected chi connectivity index (χ4v) is 8.31. The van der Waals surface area contributed by atoms with Crippen LogP contribution < -0.4 is 10.6 Å². The molecule has 3 rings (SSSR count). The van der Waals surface area contributed by atoms with Crippen molar-refractivity contribution in [2.75, 3.05) is 12.3 Å². The molecular formula is C39H51F2N3O7S. The molecule has 1 unspecified atom stereocenters. The van der Waals surface area contributed by atoms with Crippen molar-refractivity contribution in [1.29, 1.82) is 0 Å². The van der Waals surface area contributed by atoms with E-state index in [-0.39, 0.29) is 24.9 Å². The van der Waals surface area contributed by atoms with Crippen LogP contribution >= 0.6 is 0 Å². The molecule has 4 N–H and O–H groups in total. The van der Waals surface area contributed by atoms with Gasteiger partial charge in [-0.3, -0.25) is 9.59 Å². The number of hydrogen-bond donors (Lipinski definition) is 4. The molecule has 0 aliphatic heterocycles. The lowest BCUT2D eigenvalue weighted by Crippen LogP contribution is -2.57. The van der Waals surface area contributed by atoms with Gasteiger partial charge in [0.2, 0.25) is 11.8 Å². The quantitative estimate of drug-likeness (QED) is 0.111. The Morgan fingerprint density at radius 2 is 1.42 bits per heavy atom. The van der Waals surface area contributed by atoms with Crippen LogP contribution in [0.25, 0.3) is 0 Å². The predicted octanol–water partition coefficient (Wildman–Crippen LogP) is 5.60. The number of benzene rings is 3. The van der Waals surface area contributed by atoms with Crippen LogP contribution in [0.4, 0.5) is 13.6 Å². The second-order valence-electron chi connectivity index (χ2n) is 13.1. The summed E-state index contributed by atoms with van der Waals surface area (Å²) >= 11 is 0. The maximum atomic E-state index is 14.2. The van der Waals surface area contributed by atoms with Crippen LogP contribution in [0.5, 0.6) is 0 Å². The maximum absolute atomic E-state index is 14.2. The lowest BCUT2D eigenvalue weighted by molar-refractivity contribution is -0.129. The van der Waals surface area contributed by atoms with E-state index in [0.29, 0.717) is 43.7 Å². The average Bonchev–Trinajstić information content (AvgIpc) is 3.09. The molecule has 0 radical (unpaired) electrons. The third-order valence-corrected chi connectivity index (χ3v) is 11.2. The highest BCUT2D eigenvalue weighted by Gasteiger charge is 2.35. The highest BCUT2D eigenvalue weighted by Crippen LogP contribution is 2.19. The Hall–Kier alpha value is -4.36. The highest BCUT2D eigenvalue weighted by molar-refractivity contribution is 7.92. The van der Waals surface area contributed by atoms with Gasteiger partial charge in [0.1, 0.15) is 17.7 Å². The van der Waals surface area contributed by atoms with Gasteiger partial charge in [0.25, 0.3) is 0 Å². The lowest BCUT2D eigenvalue weighted by atomic mass is 9.99. The van der Waals surface area contributed by atoms with E-state index in [9.17, 15) is 41.8 Å². The molecule has 0 aromatic heterocycles. The van der Waals surface area contributed by atoms with Gasteiger partial charge in [-0.25, -0.2) is 22.0 Å². The largest absolute Gasteiger partial charge is 0.465 e. The second kappa shape index (κ2) is 20.6. The van der Waals surface area contributed by atoms with Crippen LogP contribution in [-0.4, -0.2) is 77.2 Å². The number of amides is 3. The van der Waals surface area contributed by atoms with Crippen molar-refractivity contribution in [3.05, 3.63) is 107 Å². The van der Waals surface area contributed by atoms with Crippen LogP contribution in [0.2, 0.25) is 0 Å². The van der Waals surface area contributed by atoms with Gasteiger partial charge in [-0.1, -0.05) is 88.2 Å². The van der Waals surface area contributed by atoms with E-state index in [1.54, 1.807) is 12.1 Å². The number of carboxylic acid groups (broad SMARTS) is 1. The summed E-state index contributed by atoms with van der Waals surface area (Å²) in [6.07, 6.45) is -0.374. The molecule has 3 aromatic rings. The zero-order valence-corrected chi connectivity index (χ0v) is 30.9. The van der Waals surface area contributed by atoms with Crippen LogP contribution in [0.3, 0.4) is 0 Å². The number of rotatable bonds is 21. The van der Waals surface area contributed by atoms with Crippen molar-refractivity contribution >= 4 is 27.7 Å². The molecule has 3 amide bonds. The smallest absolute Gasteiger partial charge is 0.407 e. The predicted molar refractivity (Wildman–Crippen MR) is 196 cm³/mol. The van der Waals surface area contributed by atoms with Gasteiger partial charge < -0.3 is 25.7 Å². The summed E-state index contributed by atoms with van der Waals surface area (Å²) in [5.41, 5.74) is 2.57. The van der Waals surface area contributed by atoms with E-state index in [0.717, 1.165) is 34.6 Å². The number of halogens is 2. The Morgan fingerprint density at radius 1 is 0.808 bits per heavy atom. The van der Waals surface area contributed by atoms with Crippen molar-refractivity contribution in [2.45, 2.75) is 102 Å². The summed E-state index contributed by atoms with van der Waals surface area (Å²) in [5, 5.41) is 25.9. The Morgan fingerprint density at radius 3 is 2.02 bits per heavy atom. The fourth-order valence-electron chi connectivity index (χ4n) is 6.15. The summed E-state index contributed by atoms with van der Waals surface area (Å²) in [6.45, 7) is 5.07. The number of carbonyl (C=O) groups excluding carboxylic acids is 2. The third-order valence-electron chi connectivity index (χ3n) is 8.88. The topological polar surface area (TPSA) is 153 Å². The summed E-state index contributed by atoms with van der Waals surface area (Å²) in [5.74, 6) is -4.03. The Kier molecular flexibility index (Phi) is 16.7. The minimum absolute atomic E-state index is 0.0391. The van der Waals surface area contributed by atoms with Gasteiger partial charge in [-0.15, -0.1) is 0 Å². The molecular weight excluding hydrogens is 693 g/mol. The van der Waals surface area contributed by atoms with Crippen molar-refractivity contribution in [1.82, 2.24) is 15.5 Å². The summed E-state index contributed by atoms with van der Waals surface area (Å²) in [6, 6.07) is 16.2. The number of hydrogen-bond acceptors (Lipinski definition) is 6. The molecule has 10 nitrogen and oxygen atoms in total. The number of aliphatic hydroxyl groups is 1. The zero-order chi connectivity index (χ0) is 38.3. The molecule has 0 aliphatic rings. The number of nitrogens with zero attached hydrogens (tertiary/aromatic N) is 1. The highest BCUT2D eigenvalue weighted by atomic mass is 32.2. The minimum atomic E-state index is -3.92. The van der Waals surface area contributed by atoms with Gasteiger partial charge in [-0.05, 0) is 66.5 Å². The molecule has 0 aliphatic carbocycles. The summed E-state index contributed by atoms with van der Waals surface area (Å²) < 4.78 is 55.8. The molecule has 52 heavy (non-hydrogen) atoms. The standard InChI is InChI=1S/C39H51F2N3O7S/c1-4-11-33(12-5-2)52(50,51)26-35(42-37(46)18-17-28-13-8-7-9-14-28)38(47)43-34(22-30-20-31(40)23-32(41)21-30)36(45)25-44(39(48)49)24-29-16-10-15-27(6-3)19-29/h7-10,13-16,19-21,23,33-36,45H,4-6,11-12,17-18,22,24-26H2,1-3H3,(H,42,46)(H,43,47)(H,48,49)/t34-,35?,36+/m0/s1. The minimum Gasteiger partial charge on any atom is -0.465 e. The molecule has 284 valence electrons. The SMILES string of the molecule is CCCC(CCC)S(=O)(=O)CC(NC(=O)CCc1ccccc1)C(=O)N[C@@H](Cc1cc(F)cc(F)c1)[C@H](O)CN(Cc1cccc(CC)c1)C(=O)O. The monoisotopic (exact) mass is 743 g/mol. The first kappa shape index (κ1) is 42.1. The zero-order valence-electron chi connectivity index (χ0n) is 30.1. The van der Waals surface area contributed by atoms with Gasteiger partial charge in [0.05, 0.1) is 29.7 Å². The van der Waals surface area contributed by atoms with Crippen LogP contribution in [0.1, 0.15) is 75.1 Å². The van der Waals surface area contributed by atoms with E-state index >= 15 is 0 Å². The summed E-state index contributed by atoms with van der Waals surface area (Å²) in [4.78, 5) is 40.5. The molecule has 0 heterocycles. The Labute approximate surface area is 305 Å². The molecule has 13 heteroatoms. The van der Waals surface area contributed by atoms with Gasteiger partial charge in [0, 0.05) is 19.0 Å². The van der Waals surface area contributed by atoms with Crippen molar-refractivity contribution in [2.24, 2.45) is 0 Å². The molecule has 0 fully saturated rings. The normalized spacial score (nSPS) is 13.3. The van der Waals surface area contributed by atoms with Crippen molar-refractivity contribution < 1.29 is 41.8 Å². The first-order valence-corrected chi connectivity index (χ1v) is 19.5. The van der Waals surface area contributed by atoms with E-state index in [4.69, 9.17) is 0 Å². The van der Waals surface area contributed by atoms with E-state index in [2.05, 4.69) is 10.6 Å². The first-order chi connectivity index (χ1) is 24.7. The number of sulfone groups is 1. The summed E-state index contributed by atoms with van der Waals surface area (Å²) in [7, 11) is -3.92. The Balaban J connectivity index is 1.93. The van der Waals surface area contributed by atoms with Crippen molar-refractivity contribution in [3.63, 3.8) is 0 Å². The molecule has 0 saturated carbocycles. The second-order valence-corrected chi connectivity index (χ2v) is 15.5. The number of aliphatic hydroxyl groups excluding tert-OH is 1. The molecule has 0 saturated heterocycles. The average molecular weight is 744 g/mol. The van der Waals surface area contributed by atoms with Crippen LogP contribution in [0, 0.1) is 11.6 Å². The van der Waals surface area contributed by atoms with Crippen LogP contribution in [0.15, 0.2) is 72.8 Å². The van der Waals surface area contributed by atoms with Gasteiger partial charge >= 0.3 is 6.09 Å². The molecule has 0 bridgehead atoms. The van der Waals surface area contributed by atoms with E-state index in [1.165, 1.54) is 0 Å². The number of nitrogens with one attached hydrogen (secondary N) is 2. The molecule has 0 spiro atoms. The van der Waals surface area contributed by atoms with Crippen LogP contribution in [-0.2, 0) is 45.2 Å². The third kappa shape index (κ3) is 13.6. The fraction of sp³-hybridized carbons (Fsp3) is 0.462. The van der Waals surface area contributed by atoms with Gasteiger partial charge in [0.15, 0.2) is 9.84 Å². The first-order valence-electron chi connectivity index (χ1n) is 17.8. The Bertz CT molecular complexity index is 1700. The van der Waals surface area contributed by atoms with E-state index < -0.39 is 75.1 Å². The van der Waals surface area contributed by atoms with Crippen molar-refractivity contribution in [3.8, 4) is 0 Å². The lowest BCUT2D eigenvalue weighted by Gasteiger charge is -2.30.